The van der Waals surface area contributed by atoms with Crippen molar-refractivity contribution < 1.29 is 22.9 Å². The number of carbonyl (C=O) groups excluding carboxylic acids is 1. The Bertz CT molecular complexity index is 293. The SMILES string of the molecule is CCCC1OP2(=O)OC1(C(N)=O)O2. The average molecular weight is 207 g/mol. The number of primary amides is 1. The first-order chi connectivity index (χ1) is 6.02. The summed E-state index contributed by atoms with van der Waals surface area (Å²) in [7, 11) is -3.41. The van der Waals surface area contributed by atoms with Crippen LogP contribution < -0.4 is 5.73 Å². The third kappa shape index (κ3) is 1.07. The van der Waals surface area contributed by atoms with Crippen LogP contribution in [0.1, 0.15) is 19.8 Å². The number of phosphoric acid groups is 1. The molecule has 2 bridgehead atoms. The van der Waals surface area contributed by atoms with Gasteiger partial charge < -0.3 is 5.73 Å². The van der Waals surface area contributed by atoms with Crippen LogP contribution in [-0.4, -0.2) is 17.8 Å². The number of phosphoric ester groups is 1. The molecule has 0 aromatic rings. The fourth-order valence-corrected chi connectivity index (χ4v) is 3.21. The van der Waals surface area contributed by atoms with E-state index in [9.17, 15) is 9.36 Å². The molecular formula is C6H10NO5P. The van der Waals surface area contributed by atoms with Gasteiger partial charge in [-0.15, -0.1) is 0 Å². The number of hydrogen-bond donors (Lipinski definition) is 1. The third-order valence-electron chi connectivity index (χ3n) is 2.07. The lowest BCUT2D eigenvalue weighted by Gasteiger charge is -2.32. The van der Waals surface area contributed by atoms with Crippen molar-refractivity contribution in [2.24, 2.45) is 5.73 Å². The monoisotopic (exact) mass is 207 g/mol. The van der Waals surface area contributed by atoms with Gasteiger partial charge >= 0.3 is 7.82 Å². The van der Waals surface area contributed by atoms with Crippen molar-refractivity contribution in [3.05, 3.63) is 0 Å². The second kappa shape index (κ2) is 2.54. The predicted molar refractivity (Wildman–Crippen MR) is 41.5 cm³/mol. The third-order valence-corrected chi connectivity index (χ3v) is 3.57. The molecule has 6 nitrogen and oxygen atoms in total. The van der Waals surface area contributed by atoms with E-state index in [1.807, 2.05) is 6.92 Å². The second-order valence-electron chi connectivity index (χ2n) is 3.04. The van der Waals surface area contributed by atoms with Crippen LogP contribution in [0.15, 0.2) is 0 Å². The Morgan fingerprint density at radius 1 is 1.62 bits per heavy atom. The molecule has 1 atom stereocenters. The van der Waals surface area contributed by atoms with E-state index in [1.165, 1.54) is 0 Å². The Hall–Kier alpha value is -0.420. The first kappa shape index (κ1) is 9.15. The van der Waals surface area contributed by atoms with E-state index in [0.717, 1.165) is 6.42 Å². The summed E-state index contributed by atoms with van der Waals surface area (Å²) in [5.41, 5.74) is 5.06. The zero-order chi connectivity index (χ0) is 9.69. The lowest BCUT2D eigenvalue weighted by molar-refractivity contribution is -0.193. The number of rotatable bonds is 3. The quantitative estimate of drug-likeness (QED) is 0.681. The largest absolute Gasteiger partial charge is 0.481 e. The molecule has 3 aliphatic rings. The van der Waals surface area contributed by atoms with Crippen LogP contribution in [0.25, 0.3) is 0 Å². The van der Waals surface area contributed by atoms with E-state index in [4.69, 9.17) is 19.3 Å². The average Bonchev–Trinajstić information content (AvgIpc) is 2.37. The van der Waals surface area contributed by atoms with Gasteiger partial charge in [0.05, 0.1) is 0 Å². The molecule has 0 spiro atoms. The lowest BCUT2D eigenvalue weighted by Crippen LogP contribution is -2.55. The van der Waals surface area contributed by atoms with E-state index >= 15 is 0 Å². The van der Waals surface area contributed by atoms with E-state index < -0.39 is 25.6 Å². The minimum Gasteiger partial charge on any atom is -0.365 e. The summed E-state index contributed by atoms with van der Waals surface area (Å²) in [6.45, 7) is 1.91. The van der Waals surface area contributed by atoms with Crippen LogP contribution >= 0.6 is 7.82 Å². The number of carbonyl (C=O) groups is 1. The maximum absolute atomic E-state index is 11.2. The van der Waals surface area contributed by atoms with Crippen molar-refractivity contribution >= 4 is 13.7 Å². The smallest absolute Gasteiger partial charge is 0.365 e. The van der Waals surface area contributed by atoms with Crippen LogP contribution in [0, 0.1) is 0 Å². The number of fused-ring (bicyclic) bond motifs is 1. The van der Waals surface area contributed by atoms with Crippen molar-refractivity contribution in [3.8, 4) is 0 Å². The highest BCUT2D eigenvalue weighted by atomic mass is 31.2. The predicted octanol–water partition coefficient (Wildman–Crippen LogP) is 0.522. The molecule has 3 saturated heterocycles. The molecule has 0 saturated carbocycles. The number of amides is 1. The summed E-state index contributed by atoms with van der Waals surface area (Å²) in [5, 5.41) is 0. The maximum Gasteiger partial charge on any atom is 0.481 e. The van der Waals surface area contributed by atoms with Gasteiger partial charge in [0.25, 0.3) is 11.7 Å². The van der Waals surface area contributed by atoms with Crippen molar-refractivity contribution in [1.82, 2.24) is 0 Å². The Kier molecular flexibility index (Phi) is 1.79. The standard InChI is InChI=1S/C6H10NO5P/c1-2-3-4-6(5(7)8)11-13(9,10-4)12-6/h4H,2-3H2,1H3,(H2,7,8). The van der Waals surface area contributed by atoms with Crippen LogP contribution in [-0.2, 0) is 22.9 Å². The van der Waals surface area contributed by atoms with Gasteiger partial charge in [0, 0.05) is 0 Å². The van der Waals surface area contributed by atoms with Gasteiger partial charge in [-0.25, -0.2) is 13.6 Å². The number of hydrogen-bond acceptors (Lipinski definition) is 5. The maximum atomic E-state index is 11.2. The van der Waals surface area contributed by atoms with Crippen molar-refractivity contribution in [3.63, 3.8) is 0 Å². The summed E-state index contributed by atoms with van der Waals surface area (Å²) in [4.78, 5) is 11.0. The van der Waals surface area contributed by atoms with Crippen LogP contribution in [0.4, 0.5) is 0 Å². The van der Waals surface area contributed by atoms with E-state index in [-0.39, 0.29) is 0 Å². The molecule has 1 amide bonds. The highest BCUT2D eigenvalue weighted by Crippen LogP contribution is 2.74. The first-order valence-corrected chi connectivity index (χ1v) is 5.48. The van der Waals surface area contributed by atoms with Gasteiger partial charge in [0.15, 0.2) is 0 Å². The van der Waals surface area contributed by atoms with E-state index in [2.05, 4.69) is 0 Å². The molecule has 74 valence electrons. The van der Waals surface area contributed by atoms with Crippen molar-refractivity contribution in [2.45, 2.75) is 31.7 Å². The molecule has 3 heterocycles. The molecule has 13 heavy (non-hydrogen) atoms. The summed E-state index contributed by atoms with van der Waals surface area (Å²) < 4.78 is 25.7. The molecule has 0 radical (unpaired) electrons. The van der Waals surface area contributed by atoms with Crippen LogP contribution in [0.5, 0.6) is 0 Å². The van der Waals surface area contributed by atoms with Crippen molar-refractivity contribution in [2.75, 3.05) is 0 Å². The van der Waals surface area contributed by atoms with E-state index in [0.29, 0.717) is 6.42 Å². The lowest BCUT2D eigenvalue weighted by atomic mass is 10.1. The minimum absolute atomic E-state index is 0.535. The minimum atomic E-state index is -3.41. The topological polar surface area (TPSA) is 87.9 Å². The van der Waals surface area contributed by atoms with Gasteiger partial charge in [-0.2, -0.15) is 0 Å². The molecule has 2 N–H and O–H groups in total. The summed E-state index contributed by atoms with van der Waals surface area (Å²) in [5.74, 6) is -2.36. The highest BCUT2D eigenvalue weighted by molar-refractivity contribution is 7.50. The molecule has 7 heteroatoms. The number of nitrogens with two attached hydrogens (primary N) is 1. The molecule has 0 aromatic heterocycles. The van der Waals surface area contributed by atoms with Crippen molar-refractivity contribution in [1.29, 1.82) is 0 Å². The normalized spacial score (nSPS) is 47.3. The molecule has 0 aromatic carbocycles. The van der Waals surface area contributed by atoms with Gasteiger partial charge in [0.2, 0.25) is 0 Å². The Labute approximate surface area is 74.9 Å². The Morgan fingerprint density at radius 3 is 2.69 bits per heavy atom. The zero-order valence-electron chi connectivity index (χ0n) is 7.06. The second-order valence-corrected chi connectivity index (χ2v) is 4.51. The molecule has 3 rings (SSSR count). The van der Waals surface area contributed by atoms with Gasteiger partial charge in [-0.05, 0) is 6.42 Å². The first-order valence-electron chi connectivity index (χ1n) is 4.02. The fraction of sp³-hybridized carbons (Fsp3) is 0.833. The molecular weight excluding hydrogens is 197 g/mol. The highest BCUT2D eigenvalue weighted by Gasteiger charge is 2.74. The Balaban J connectivity index is 2.22. The summed E-state index contributed by atoms with van der Waals surface area (Å²) in [6.07, 6.45) is 0.681. The fourth-order valence-electron chi connectivity index (χ4n) is 1.48. The molecule has 1 unspecified atom stereocenters. The van der Waals surface area contributed by atoms with Gasteiger partial charge in [-0.3, -0.25) is 9.32 Å². The van der Waals surface area contributed by atoms with Crippen LogP contribution in [0.3, 0.4) is 0 Å². The van der Waals surface area contributed by atoms with Crippen LogP contribution in [0.2, 0.25) is 0 Å². The van der Waals surface area contributed by atoms with Gasteiger partial charge in [-0.1, -0.05) is 13.3 Å². The van der Waals surface area contributed by atoms with E-state index in [1.54, 1.807) is 0 Å². The zero-order valence-corrected chi connectivity index (χ0v) is 7.95. The summed E-state index contributed by atoms with van der Waals surface area (Å²) in [6, 6.07) is 0. The molecule has 3 aliphatic heterocycles. The molecule has 0 aliphatic carbocycles. The van der Waals surface area contributed by atoms with Gasteiger partial charge in [0.1, 0.15) is 6.10 Å². The molecule has 3 fully saturated rings. The Morgan fingerprint density at radius 2 is 2.23 bits per heavy atom. The summed E-state index contributed by atoms with van der Waals surface area (Å²) >= 11 is 0.